The Morgan fingerprint density at radius 1 is 0.318 bits per heavy atom. The van der Waals surface area contributed by atoms with Crippen LogP contribution in [0.1, 0.15) is 52.7 Å². The largest absolute Gasteiger partial charge is 0.456 e. The summed E-state index contributed by atoms with van der Waals surface area (Å²) in [5.74, 6) is 0. The minimum absolute atomic E-state index is 0.118. The van der Waals surface area contributed by atoms with Crippen LogP contribution in [0, 0.1) is 0 Å². The third-order valence-corrected chi connectivity index (χ3v) is 19.0. The highest BCUT2D eigenvalue weighted by atomic mass is 16.3. The van der Waals surface area contributed by atoms with Crippen LogP contribution in [0.3, 0.4) is 0 Å². The van der Waals surface area contributed by atoms with E-state index in [4.69, 9.17) is 4.42 Å². The maximum Gasteiger partial charge on any atom is 0.253 e. The van der Waals surface area contributed by atoms with Gasteiger partial charge in [0.15, 0.2) is 0 Å². The zero-order valence-corrected chi connectivity index (χ0v) is 50.4. The van der Waals surface area contributed by atoms with Crippen molar-refractivity contribution in [1.82, 2.24) is 4.57 Å². The molecule has 0 saturated heterocycles. The maximum absolute atomic E-state index is 7.20. The van der Waals surface area contributed by atoms with Crippen LogP contribution >= 0.6 is 0 Å². The number of aromatic nitrogens is 1. The van der Waals surface area contributed by atoms with E-state index in [-0.39, 0.29) is 17.5 Å². The van der Waals surface area contributed by atoms with Gasteiger partial charge >= 0.3 is 0 Å². The molecule has 3 nitrogen and oxygen atoms in total. The molecule has 2 aromatic heterocycles. The van der Waals surface area contributed by atoms with E-state index in [9.17, 15) is 0 Å². The van der Waals surface area contributed by atoms with Gasteiger partial charge in [-0.2, -0.15) is 0 Å². The van der Waals surface area contributed by atoms with Crippen molar-refractivity contribution in [2.75, 3.05) is 4.90 Å². The number of benzene rings is 13. The molecule has 0 saturated carbocycles. The Morgan fingerprint density at radius 3 is 1.53 bits per heavy atom. The van der Waals surface area contributed by atoms with E-state index in [0.717, 1.165) is 66.8 Å². The lowest BCUT2D eigenvalue weighted by Crippen LogP contribution is -2.61. The molecule has 418 valence electrons. The molecule has 88 heavy (non-hydrogen) atoms. The zero-order valence-electron chi connectivity index (χ0n) is 50.4. The Labute approximate surface area is 514 Å². The van der Waals surface area contributed by atoms with Crippen LogP contribution in [0.4, 0.5) is 17.1 Å². The van der Waals surface area contributed by atoms with Crippen LogP contribution in [0.15, 0.2) is 277 Å². The van der Waals surface area contributed by atoms with Gasteiger partial charge in [-0.3, -0.25) is 0 Å². The molecule has 0 fully saturated rings. The van der Waals surface area contributed by atoms with Crippen LogP contribution in [-0.4, -0.2) is 11.3 Å². The van der Waals surface area contributed by atoms with Gasteiger partial charge in [0.2, 0.25) is 0 Å². The molecule has 15 aromatic rings. The fourth-order valence-electron chi connectivity index (χ4n) is 14.6. The Balaban J connectivity index is 1.08. The molecule has 13 aromatic carbocycles. The fraction of sp³-hybridized carbons (Fsp3) is 0.0952. The first kappa shape index (κ1) is 52.0. The van der Waals surface area contributed by atoms with Crippen molar-refractivity contribution < 1.29 is 4.42 Å². The Morgan fingerprint density at radius 2 is 0.864 bits per heavy atom. The summed E-state index contributed by atoms with van der Waals surface area (Å²) >= 11 is 0. The number of nitrogens with zero attached hydrogens (tertiary/aromatic N) is 2. The predicted molar refractivity (Wildman–Crippen MR) is 375 cm³/mol. The van der Waals surface area contributed by atoms with Crippen LogP contribution in [0.25, 0.3) is 127 Å². The molecule has 4 heteroatoms. The summed E-state index contributed by atoms with van der Waals surface area (Å²) in [6, 6.07) is 103. The highest BCUT2D eigenvalue weighted by Gasteiger charge is 2.45. The van der Waals surface area contributed by atoms with Gasteiger partial charge in [0, 0.05) is 55.3 Å². The van der Waals surface area contributed by atoms with E-state index >= 15 is 0 Å². The van der Waals surface area contributed by atoms with Gasteiger partial charge in [0.25, 0.3) is 6.71 Å². The Bertz CT molecular complexity index is 5300. The summed E-state index contributed by atoms with van der Waals surface area (Å²) in [6.07, 6.45) is 0. The molecule has 4 heterocycles. The van der Waals surface area contributed by atoms with Gasteiger partial charge in [-0.05, 0) is 153 Å². The van der Waals surface area contributed by atoms with Crippen LogP contribution in [0.5, 0.6) is 0 Å². The van der Waals surface area contributed by atoms with Crippen molar-refractivity contribution in [2.45, 2.75) is 52.4 Å². The molecule has 0 bridgehead atoms. The number of fused-ring (bicyclic) bond motifs is 11. The van der Waals surface area contributed by atoms with Crippen LogP contribution in [0.2, 0.25) is 0 Å². The molecule has 0 amide bonds. The summed E-state index contributed by atoms with van der Waals surface area (Å²) in [5, 5.41) is 7.05. The lowest BCUT2D eigenvalue weighted by atomic mass is 9.33. The van der Waals surface area contributed by atoms with Gasteiger partial charge in [-0.15, -0.1) is 0 Å². The summed E-state index contributed by atoms with van der Waals surface area (Å²) in [4.78, 5) is 2.70. The number of rotatable bonds is 7. The highest BCUT2D eigenvalue weighted by Crippen LogP contribution is 2.52. The van der Waals surface area contributed by atoms with E-state index in [1.54, 1.807) is 0 Å². The summed E-state index contributed by atoms with van der Waals surface area (Å²) in [7, 11) is 0. The molecule has 0 atom stereocenters. The average molecular weight is 1130 g/mol. The SMILES string of the molecule is CC(C)(C)c1cc(-c2cccc(-c3ccccc3)c2N2c3cc4c(cc3B3c5c2cc(-c2ccc6ccccc6c2)cc5-n2c5cc(-c6ccccc6)ccc5c5ccc(-c6ccccc6)c3c52)oc2ccc(-c3ccccc3)cc24)cc(C(C)(C)C)c1. The van der Waals surface area contributed by atoms with Crippen LogP contribution in [-0.2, 0) is 10.8 Å². The normalized spacial score (nSPS) is 12.8. The monoisotopic (exact) mass is 1130 g/mol. The van der Waals surface area contributed by atoms with Crippen molar-refractivity contribution in [3.63, 3.8) is 0 Å². The second kappa shape index (κ2) is 19.6. The molecular weight excluding hydrogens is 1060 g/mol. The molecular formula is C84H63BN2O. The topological polar surface area (TPSA) is 21.3 Å². The molecule has 2 aliphatic heterocycles. The quantitative estimate of drug-likeness (QED) is 0.148. The number of para-hydroxylation sites is 1. The molecule has 17 rings (SSSR count). The van der Waals surface area contributed by atoms with Crippen molar-refractivity contribution in [2.24, 2.45) is 0 Å². The number of furan rings is 1. The first-order valence-corrected chi connectivity index (χ1v) is 31.0. The van der Waals surface area contributed by atoms with E-state index < -0.39 is 0 Å². The number of hydrogen-bond donors (Lipinski definition) is 0. The molecule has 0 aliphatic carbocycles. The number of hydrogen-bond acceptors (Lipinski definition) is 2. The minimum atomic E-state index is -0.229. The Hall–Kier alpha value is -10.4. The lowest BCUT2D eigenvalue weighted by molar-refractivity contribution is 0.569. The van der Waals surface area contributed by atoms with E-state index in [2.05, 4.69) is 324 Å². The summed E-state index contributed by atoms with van der Waals surface area (Å²) in [6.45, 7) is 13.9. The maximum atomic E-state index is 7.20. The van der Waals surface area contributed by atoms with Gasteiger partial charge in [-0.1, -0.05) is 266 Å². The van der Waals surface area contributed by atoms with Gasteiger partial charge in [0.05, 0.1) is 11.2 Å². The van der Waals surface area contributed by atoms with Crippen molar-refractivity contribution >= 4 is 94.7 Å². The van der Waals surface area contributed by atoms with Gasteiger partial charge in [0.1, 0.15) is 11.2 Å². The zero-order chi connectivity index (χ0) is 59.2. The van der Waals surface area contributed by atoms with E-state index in [1.807, 2.05) is 0 Å². The summed E-state index contributed by atoms with van der Waals surface area (Å²) < 4.78 is 9.86. The molecule has 0 unspecified atom stereocenters. The average Bonchev–Trinajstić information content (AvgIpc) is 1.39. The van der Waals surface area contributed by atoms with Crippen molar-refractivity contribution in [1.29, 1.82) is 0 Å². The third kappa shape index (κ3) is 8.19. The smallest absolute Gasteiger partial charge is 0.253 e. The Kier molecular flexibility index (Phi) is 11.5. The molecule has 0 N–H and O–H groups in total. The fourth-order valence-corrected chi connectivity index (χ4v) is 14.6. The standard InChI is InChI=1S/C84H63BN2O/c1-83(2,3)63-43-62(44-64(49-63)84(4,5)6)67-33-21-32-66(56-29-17-10-18-30-56)81(67)87-74-50-71-70-45-59(52-22-11-7-12-23-52)37-41-77(70)88-78(71)51-72(74)85-79-65(55-27-15-9-16-28-55)39-40-69-68-38-36-60(53-24-13-8-14-25-53)46-73(68)86(82(69)79)75-47-61(48-76(87)80(75)85)58-35-34-54-26-19-20-31-57(54)42-58/h7-51H,1-6H3. The van der Waals surface area contributed by atoms with Crippen LogP contribution < -0.4 is 21.3 Å². The van der Waals surface area contributed by atoms with Gasteiger partial charge < -0.3 is 13.9 Å². The highest BCUT2D eigenvalue weighted by molar-refractivity contribution is 7.01. The van der Waals surface area contributed by atoms with E-state index in [1.165, 1.54) is 105 Å². The molecule has 0 radical (unpaired) electrons. The van der Waals surface area contributed by atoms with Crippen molar-refractivity contribution in [3.05, 3.63) is 284 Å². The first-order valence-electron chi connectivity index (χ1n) is 31.0. The minimum Gasteiger partial charge on any atom is -0.456 e. The van der Waals surface area contributed by atoms with E-state index in [0.29, 0.717) is 0 Å². The first-order chi connectivity index (χ1) is 42.9. The summed E-state index contributed by atoms with van der Waals surface area (Å²) in [5.41, 5.74) is 28.9. The predicted octanol–water partition coefficient (Wildman–Crippen LogP) is 21.0. The van der Waals surface area contributed by atoms with Gasteiger partial charge in [-0.25, -0.2) is 0 Å². The molecule has 2 aliphatic rings. The second-order valence-electron chi connectivity index (χ2n) is 26.4. The van der Waals surface area contributed by atoms with Crippen molar-refractivity contribution in [3.8, 4) is 72.4 Å². The second-order valence-corrected chi connectivity index (χ2v) is 26.4. The molecule has 0 spiro atoms. The number of anilines is 3. The third-order valence-electron chi connectivity index (χ3n) is 19.0. The lowest BCUT2D eigenvalue weighted by Gasteiger charge is -2.42.